The van der Waals surface area contributed by atoms with Gasteiger partial charge in [-0.15, -0.1) is 0 Å². The molecule has 0 amide bonds. The van der Waals surface area contributed by atoms with E-state index in [0.29, 0.717) is 17.0 Å². The van der Waals surface area contributed by atoms with E-state index in [1.807, 2.05) is 13.1 Å². The van der Waals surface area contributed by atoms with Crippen LogP contribution in [0.3, 0.4) is 0 Å². The molecule has 1 saturated carbocycles. The zero-order chi connectivity index (χ0) is 14.8. The third-order valence-corrected chi connectivity index (χ3v) is 5.04. The predicted molar refractivity (Wildman–Crippen MR) is 85.1 cm³/mol. The lowest BCUT2D eigenvalue weighted by atomic mass is 9.88. The minimum atomic E-state index is -0.113. The van der Waals surface area contributed by atoms with E-state index in [-0.39, 0.29) is 11.9 Å². The average Bonchev–Trinajstić information content (AvgIpc) is 3.28. The molecule has 3 rings (SSSR count). The van der Waals surface area contributed by atoms with Crippen LogP contribution in [0.2, 0.25) is 5.02 Å². The summed E-state index contributed by atoms with van der Waals surface area (Å²) in [5.74, 6) is 0.337. The molecule has 2 aliphatic rings. The summed E-state index contributed by atoms with van der Waals surface area (Å²) in [5, 5.41) is 3.93. The van der Waals surface area contributed by atoms with E-state index in [2.05, 4.69) is 10.2 Å². The van der Waals surface area contributed by atoms with Crippen molar-refractivity contribution < 1.29 is 4.39 Å². The van der Waals surface area contributed by atoms with Gasteiger partial charge in [-0.25, -0.2) is 4.39 Å². The van der Waals surface area contributed by atoms with Crippen LogP contribution >= 0.6 is 11.6 Å². The number of benzene rings is 1. The molecule has 2 nitrogen and oxygen atoms in total. The largest absolute Gasteiger partial charge is 0.319 e. The van der Waals surface area contributed by atoms with Gasteiger partial charge < -0.3 is 5.32 Å². The van der Waals surface area contributed by atoms with Crippen LogP contribution in [0.1, 0.15) is 43.7 Å². The zero-order valence-electron chi connectivity index (χ0n) is 12.6. The summed E-state index contributed by atoms with van der Waals surface area (Å²) in [6.07, 6.45) is 6.11. The number of rotatable bonds is 4. The van der Waals surface area contributed by atoms with E-state index in [1.54, 1.807) is 6.07 Å². The van der Waals surface area contributed by atoms with E-state index < -0.39 is 0 Å². The van der Waals surface area contributed by atoms with Crippen LogP contribution in [0.5, 0.6) is 0 Å². The predicted octanol–water partition coefficient (Wildman–Crippen LogP) is 4.00. The van der Waals surface area contributed by atoms with Crippen LogP contribution in [0.15, 0.2) is 18.2 Å². The molecule has 1 aromatic carbocycles. The molecule has 2 fully saturated rings. The number of nitrogens with one attached hydrogen (secondary N) is 1. The van der Waals surface area contributed by atoms with Gasteiger partial charge in [-0.05, 0) is 69.9 Å². The summed E-state index contributed by atoms with van der Waals surface area (Å²) in [7, 11) is 1.98. The molecule has 116 valence electrons. The van der Waals surface area contributed by atoms with E-state index >= 15 is 0 Å². The van der Waals surface area contributed by atoms with Crippen molar-refractivity contribution in [2.75, 3.05) is 20.1 Å². The SMILES string of the molecule is CNCC1CCCCN(C2CC2)C1c1cc(Cl)ccc1F. The normalized spacial score (nSPS) is 27.6. The van der Waals surface area contributed by atoms with Crippen molar-refractivity contribution >= 4 is 11.6 Å². The first-order chi connectivity index (χ1) is 10.2. The van der Waals surface area contributed by atoms with Crippen LogP contribution < -0.4 is 5.32 Å². The number of hydrogen-bond acceptors (Lipinski definition) is 2. The van der Waals surface area contributed by atoms with Gasteiger partial charge in [-0.1, -0.05) is 18.0 Å². The maximum Gasteiger partial charge on any atom is 0.128 e. The van der Waals surface area contributed by atoms with Crippen molar-refractivity contribution in [3.05, 3.63) is 34.6 Å². The standard InChI is InChI=1S/C17H24ClFN2/c1-20-11-12-4-2-3-9-21(14-6-7-14)17(12)15-10-13(18)5-8-16(15)19/h5,8,10,12,14,17,20H,2-4,6-7,9,11H2,1H3. The Bertz CT molecular complexity index is 490. The van der Waals surface area contributed by atoms with Gasteiger partial charge in [0, 0.05) is 22.7 Å². The van der Waals surface area contributed by atoms with E-state index in [0.717, 1.165) is 25.1 Å². The number of nitrogens with zero attached hydrogens (tertiary/aromatic N) is 1. The minimum Gasteiger partial charge on any atom is -0.319 e. The second kappa shape index (κ2) is 6.64. The van der Waals surface area contributed by atoms with Crippen LogP contribution in [0.4, 0.5) is 4.39 Å². The first-order valence-corrected chi connectivity index (χ1v) is 8.44. The number of halogens is 2. The van der Waals surface area contributed by atoms with E-state index in [4.69, 9.17) is 11.6 Å². The van der Waals surface area contributed by atoms with Gasteiger partial charge in [0.2, 0.25) is 0 Å². The molecule has 1 aromatic rings. The molecule has 1 heterocycles. The Morgan fingerprint density at radius 1 is 1.29 bits per heavy atom. The Hall–Kier alpha value is -0.640. The topological polar surface area (TPSA) is 15.3 Å². The van der Waals surface area contributed by atoms with Crippen molar-refractivity contribution in [3.63, 3.8) is 0 Å². The molecule has 0 aromatic heterocycles. The monoisotopic (exact) mass is 310 g/mol. The lowest BCUT2D eigenvalue weighted by Gasteiger charge is -2.36. The summed E-state index contributed by atoms with van der Waals surface area (Å²) in [6, 6.07) is 5.80. The van der Waals surface area contributed by atoms with Gasteiger partial charge in [0.25, 0.3) is 0 Å². The first-order valence-electron chi connectivity index (χ1n) is 8.06. The summed E-state index contributed by atoms with van der Waals surface area (Å²) < 4.78 is 14.5. The lowest BCUT2D eigenvalue weighted by molar-refractivity contribution is 0.142. The van der Waals surface area contributed by atoms with Gasteiger partial charge in [-0.2, -0.15) is 0 Å². The lowest BCUT2D eigenvalue weighted by Crippen LogP contribution is -2.38. The van der Waals surface area contributed by atoms with Crippen LogP contribution in [0, 0.1) is 11.7 Å². The molecule has 1 N–H and O–H groups in total. The summed E-state index contributed by atoms with van der Waals surface area (Å²) in [4.78, 5) is 2.55. The van der Waals surface area contributed by atoms with Gasteiger partial charge in [0.15, 0.2) is 0 Å². The van der Waals surface area contributed by atoms with Gasteiger partial charge in [0.05, 0.1) is 0 Å². The molecule has 1 aliphatic carbocycles. The molecule has 2 unspecified atom stereocenters. The van der Waals surface area contributed by atoms with Gasteiger partial charge in [-0.3, -0.25) is 4.90 Å². The fourth-order valence-corrected chi connectivity index (χ4v) is 3.91. The van der Waals surface area contributed by atoms with Crippen molar-refractivity contribution in [2.45, 2.75) is 44.2 Å². The molecule has 0 spiro atoms. The molecular formula is C17H24ClFN2. The van der Waals surface area contributed by atoms with Crippen LogP contribution in [-0.2, 0) is 0 Å². The highest BCUT2D eigenvalue weighted by molar-refractivity contribution is 6.30. The highest BCUT2D eigenvalue weighted by Crippen LogP contribution is 2.43. The third-order valence-electron chi connectivity index (χ3n) is 4.80. The molecule has 0 radical (unpaired) electrons. The Kier molecular flexibility index (Phi) is 4.82. The molecular weight excluding hydrogens is 287 g/mol. The molecule has 0 bridgehead atoms. The number of likely N-dealkylation sites (tertiary alicyclic amines) is 1. The second-order valence-corrected chi connectivity index (χ2v) is 6.83. The summed E-state index contributed by atoms with van der Waals surface area (Å²) in [5.41, 5.74) is 0.788. The van der Waals surface area contributed by atoms with Crippen molar-refractivity contribution in [3.8, 4) is 0 Å². The highest BCUT2D eigenvalue weighted by atomic mass is 35.5. The quantitative estimate of drug-likeness (QED) is 0.904. The van der Waals surface area contributed by atoms with Crippen molar-refractivity contribution in [1.82, 2.24) is 10.2 Å². The summed E-state index contributed by atoms with van der Waals surface area (Å²) in [6.45, 7) is 2.02. The Balaban J connectivity index is 1.98. The van der Waals surface area contributed by atoms with Gasteiger partial charge in [0.1, 0.15) is 5.82 Å². The zero-order valence-corrected chi connectivity index (χ0v) is 13.4. The first kappa shape index (κ1) is 15.3. The maximum absolute atomic E-state index is 14.5. The fraction of sp³-hybridized carbons (Fsp3) is 0.647. The maximum atomic E-state index is 14.5. The molecule has 1 saturated heterocycles. The van der Waals surface area contributed by atoms with Crippen LogP contribution in [0.25, 0.3) is 0 Å². The second-order valence-electron chi connectivity index (χ2n) is 6.39. The van der Waals surface area contributed by atoms with E-state index in [1.165, 1.54) is 31.7 Å². The number of hydrogen-bond donors (Lipinski definition) is 1. The molecule has 2 atom stereocenters. The Morgan fingerprint density at radius 3 is 2.81 bits per heavy atom. The smallest absolute Gasteiger partial charge is 0.128 e. The van der Waals surface area contributed by atoms with Gasteiger partial charge >= 0.3 is 0 Å². The molecule has 21 heavy (non-hydrogen) atoms. The minimum absolute atomic E-state index is 0.113. The summed E-state index contributed by atoms with van der Waals surface area (Å²) >= 11 is 6.14. The van der Waals surface area contributed by atoms with E-state index in [9.17, 15) is 4.39 Å². The molecule has 1 aliphatic heterocycles. The van der Waals surface area contributed by atoms with Crippen molar-refractivity contribution in [2.24, 2.45) is 5.92 Å². The van der Waals surface area contributed by atoms with Crippen LogP contribution in [-0.4, -0.2) is 31.1 Å². The fourth-order valence-electron chi connectivity index (χ4n) is 3.73. The molecule has 4 heteroatoms. The Morgan fingerprint density at radius 2 is 2.10 bits per heavy atom. The Labute approximate surface area is 131 Å². The third kappa shape index (κ3) is 3.41. The highest BCUT2D eigenvalue weighted by Gasteiger charge is 2.40. The average molecular weight is 311 g/mol. The van der Waals surface area contributed by atoms with Crippen molar-refractivity contribution in [1.29, 1.82) is 0 Å².